The van der Waals surface area contributed by atoms with E-state index in [2.05, 4.69) is 5.16 Å². The van der Waals surface area contributed by atoms with Crippen molar-refractivity contribution in [3.8, 4) is 0 Å². The molecule has 0 aromatic rings. The minimum Gasteiger partial charge on any atom is -0.409 e. The first kappa shape index (κ1) is 14.8. The molecule has 1 aliphatic rings. The molecule has 0 aromatic carbocycles. The van der Waals surface area contributed by atoms with Gasteiger partial charge in [-0.05, 0) is 33.4 Å². The average Bonchev–Trinajstić information content (AvgIpc) is 3.13. The maximum atomic E-state index is 12.5. The minimum absolute atomic E-state index is 0.00139. The Balaban J connectivity index is 2.71. The summed E-state index contributed by atoms with van der Waals surface area (Å²) in [6.07, 6.45) is 2.28. The second kappa shape index (κ2) is 6.04. The van der Waals surface area contributed by atoms with Crippen LogP contribution in [0.25, 0.3) is 0 Å². The predicted octanol–water partition coefficient (Wildman–Crippen LogP) is 0.313. The van der Waals surface area contributed by atoms with Crippen molar-refractivity contribution in [2.45, 2.75) is 26.2 Å². The van der Waals surface area contributed by atoms with Crippen LogP contribution < -0.4 is 5.73 Å². The molecule has 0 heterocycles. The van der Waals surface area contributed by atoms with E-state index in [4.69, 9.17) is 10.9 Å². The van der Waals surface area contributed by atoms with Crippen molar-refractivity contribution in [2.75, 3.05) is 33.7 Å². The van der Waals surface area contributed by atoms with Crippen LogP contribution in [0.3, 0.4) is 0 Å². The number of oxime groups is 1. The number of amidine groups is 1. The zero-order chi connectivity index (χ0) is 13.8. The fraction of sp³-hybridized carbons (Fsp3) is 0.833. The molecule has 0 aliphatic heterocycles. The van der Waals surface area contributed by atoms with Gasteiger partial charge in [-0.3, -0.25) is 4.79 Å². The van der Waals surface area contributed by atoms with Gasteiger partial charge in [0.15, 0.2) is 5.84 Å². The lowest BCUT2D eigenvalue weighted by atomic mass is 10.0. The first-order valence-electron chi connectivity index (χ1n) is 6.40. The summed E-state index contributed by atoms with van der Waals surface area (Å²) in [5.74, 6) is 0.0555. The lowest BCUT2D eigenvalue weighted by molar-refractivity contribution is -0.134. The Kier molecular flexibility index (Phi) is 4.95. The lowest BCUT2D eigenvalue weighted by Crippen LogP contribution is -2.46. The van der Waals surface area contributed by atoms with Crippen molar-refractivity contribution in [3.05, 3.63) is 0 Å². The highest BCUT2D eigenvalue weighted by Gasteiger charge is 2.55. The van der Waals surface area contributed by atoms with Crippen LogP contribution in [0.4, 0.5) is 0 Å². The van der Waals surface area contributed by atoms with Crippen LogP contribution >= 0.6 is 0 Å². The molecule has 1 aliphatic carbocycles. The number of likely N-dealkylation sites (N-methyl/N-ethyl adjacent to an activating group) is 1. The summed E-state index contributed by atoms with van der Waals surface area (Å²) in [5.41, 5.74) is 4.92. The average molecular weight is 256 g/mol. The Hall–Kier alpha value is -1.30. The quantitative estimate of drug-likeness (QED) is 0.297. The van der Waals surface area contributed by atoms with Crippen LogP contribution in [-0.2, 0) is 4.79 Å². The summed E-state index contributed by atoms with van der Waals surface area (Å²) in [4.78, 5) is 16.3. The third-order valence-corrected chi connectivity index (χ3v) is 3.36. The molecule has 0 bridgehead atoms. The molecular formula is C12H24N4O2. The molecule has 1 saturated carbocycles. The van der Waals surface area contributed by atoms with Crippen molar-refractivity contribution < 1.29 is 10.0 Å². The summed E-state index contributed by atoms with van der Waals surface area (Å²) >= 11 is 0. The highest BCUT2D eigenvalue weighted by atomic mass is 16.4. The molecule has 6 heteroatoms. The molecule has 0 radical (unpaired) electrons. The van der Waals surface area contributed by atoms with Gasteiger partial charge in [-0.2, -0.15) is 0 Å². The molecule has 0 spiro atoms. The molecule has 18 heavy (non-hydrogen) atoms. The van der Waals surface area contributed by atoms with E-state index >= 15 is 0 Å². The summed E-state index contributed by atoms with van der Waals surface area (Å²) in [5, 5.41) is 11.8. The number of nitrogens with zero attached hydrogens (tertiary/aromatic N) is 3. The Labute approximate surface area is 108 Å². The Morgan fingerprint density at radius 1 is 1.33 bits per heavy atom. The first-order valence-corrected chi connectivity index (χ1v) is 6.40. The lowest BCUT2D eigenvalue weighted by Gasteiger charge is -2.27. The molecular weight excluding hydrogens is 232 g/mol. The maximum Gasteiger partial charge on any atom is 0.236 e. The second-order valence-corrected chi connectivity index (χ2v) is 5.16. The molecule has 1 amide bonds. The van der Waals surface area contributed by atoms with Gasteiger partial charge in [0.25, 0.3) is 0 Å². The molecule has 3 N–H and O–H groups in total. The van der Waals surface area contributed by atoms with Crippen molar-refractivity contribution in [1.82, 2.24) is 9.80 Å². The Morgan fingerprint density at radius 2 is 1.94 bits per heavy atom. The zero-order valence-electron chi connectivity index (χ0n) is 11.5. The molecule has 0 unspecified atom stereocenters. The number of hydrogen-bond acceptors (Lipinski definition) is 4. The standard InChI is InChI=1S/C12H24N4O2/c1-4-7-16(9-8-15(2)3)11(17)12(5-6-12)10(13)14-18/h18H,4-9H2,1-3H3,(H2,13,14). The Bertz CT molecular complexity index is 324. The number of carbonyl (C=O) groups excluding carboxylic acids is 1. The highest BCUT2D eigenvalue weighted by molar-refractivity contribution is 6.09. The normalized spacial score (nSPS) is 17.9. The highest BCUT2D eigenvalue weighted by Crippen LogP contribution is 2.47. The van der Waals surface area contributed by atoms with E-state index in [1.807, 2.05) is 30.8 Å². The molecule has 104 valence electrons. The van der Waals surface area contributed by atoms with Crippen molar-refractivity contribution in [3.63, 3.8) is 0 Å². The molecule has 6 nitrogen and oxygen atoms in total. The Morgan fingerprint density at radius 3 is 2.33 bits per heavy atom. The fourth-order valence-corrected chi connectivity index (χ4v) is 2.01. The molecule has 0 saturated heterocycles. The molecule has 0 atom stereocenters. The van der Waals surface area contributed by atoms with Crippen LogP contribution in [0.15, 0.2) is 5.16 Å². The van der Waals surface area contributed by atoms with Crippen molar-refractivity contribution >= 4 is 11.7 Å². The van der Waals surface area contributed by atoms with Gasteiger partial charge < -0.3 is 20.7 Å². The van der Waals surface area contributed by atoms with Crippen LogP contribution in [0.5, 0.6) is 0 Å². The largest absolute Gasteiger partial charge is 0.409 e. The molecule has 0 aromatic heterocycles. The smallest absolute Gasteiger partial charge is 0.236 e. The third-order valence-electron chi connectivity index (χ3n) is 3.36. The van der Waals surface area contributed by atoms with Crippen molar-refractivity contribution in [2.24, 2.45) is 16.3 Å². The van der Waals surface area contributed by atoms with Gasteiger partial charge in [0.2, 0.25) is 5.91 Å². The van der Waals surface area contributed by atoms with Gasteiger partial charge >= 0.3 is 0 Å². The van der Waals surface area contributed by atoms with Gasteiger partial charge in [0.1, 0.15) is 5.41 Å². The van der Waals surface area contributed by atoms with Gasteiger partial charge in [0.05, 0.1) is 0 Å². The number of amides is 1. The summed E-state index contributed by atoms with van der Waals surface area (Å²) in [6.45, 7) is 4.25. The van der Waals surface area contributed by atoms with Crippen molar-refractivity contribution in [1.29, 1.82) is 0 Å². The van der Waals surface area contributed by atoms with Gasteiger partial charge in [0, 0.05) is 19.6 Å². The predicted molar refractivity (Wildman–Crippen MR) is 70.5 cm³/mol. The van der Waals surface area contributed by atoms with E-state index < -0.39 is 5.41 Å². The third kappa shape index (κ3) is 3.13. The number of carbonyl (C=O) groups is 1. The van der Waals surface area contributed by atoms with E-state index in [1.54, 1.807) is 0 Å². The van der Waals surface area contributed by atoms with Crippen LogP contribution in [-0.4, -0.2) is 60.5 Å². The van der Waals surface area contributed by atoms with E-state index in [9.17, 15) is 4.79 Å². The molecule has 1 rings (SSSR count). The number of hydrogen-bond donors (Lipinski definition) is 2. The summed E-state index contributed by atoms with van der Waals surface area (Å²) in [7, 11) is 3.95. The monoisotopic (exact) mass is 256 g/mol. The van der Waals surface area contributed by atoms with Gasteiger partial charge in [-0.25, -0.2) is 0 Å². The van der Waals surface area contributed by atoms with E-state index in [-0.39, 0.29) is 11.7 Å². The fourth-order valence-electron chi connectivity index (χ4n) is 2.01. The van der Waals surface area contributed by atoms with Crippen LogP contribution in [0, 0.1) is 5.41 Å². The SMILES string of the molecule is CCCN(CCN(C)C)C(=O)C1(C(N)=NO)CC1. The first-order chi connectivity index (χ1) is 8.47. The van der Waals surface area contributed by atoms with Crippen LogP contribution in [0.2, 0.25) is 0 Å². The summed E-state index contributed by atoms with van der Waals surface area (Å²) in [6, 6.07) is 0. The minimum atomic E-state index is -0.726. The van der Waals surface area contributed by atoms with E-state index in [0.717, 1.165) is 13.0 Å². The molecule has 1 fully saturated rings. The second-order valence-electron chi connectivity index (χ2n) is 5.16. The number of nitrogens with two attached hydrogens (primary N) is 1. The topological polar surface area (TPSA) is 82.2 Å². The zero-order valence-corrected chi connectivity index (χ0v) is 11.5. The van der Waals surface area contributed by atoms with Gasteiger partial charge in [-0.15, -0.1) is 0 Å². The van der Waals surface area contributed by atoms with E-state index in [1.165, 1.54) is 0 Å². The summed E-state index contributed by atoms with van der Waals surface area (Å²) < 4.78 is 0. The van der Waals surface area contributed by atoms with E-state index in [0.29, 0.717) is 25.9 Å². The number of rotatable bonds is 7. The maximum absolute atomic E-state index is 12.5. The van der Waals surface area contributed by atoms with Gasteiger partial charge in [-0.1, -0.05) is 12.1 Å². The van der Waals surface area contributed by atoms with Crippen LogP contribution in [0.1, 0.15) is 26.2 Å².